The van der Waals surface area contributed by atoms with Crippen molar-refractivity contribution >= 4 is 17.8 Å². The summed E-state index contributed by atoms with van der Waals surface area (Å²) in [6, 6.07) is 14.3. The van der Waals surface area contributed by atoms with Crippen LogP contribution < -0.4 is 0 Å². The fraction of sp³-hybridized carbons (Fsp3) is 0. The molecule has 2 heteroatoms. The van der Waals surface area contributed by atoms with Gasteiger partial charge in [0.2, 0.25) is 0 Å². The van der Waals surface area contributed by atoms with E-state index < -0.39 is 0 Å². The molecule has 0 amide bonds. The van der Waals surface area contributed by atoms with Crippen LogP contribution in [0.2, 0.25) is 0 Å². The van der Waals surface area contributed by atoms with E-state index in [0.29, 0.717) is 0 Å². The molecule has 0 fully saturated rings. The molecule has 0 aliphatic heterocycles. The monoisotopic (exact) mass is 213 g/mol. The second kappa shape index (κ2) is 4.80. The average molecular weight is 213 g/mol. The van der Waals surface area contributed by atoms with Crippen LogP contribution in [0.1, 0.15) is 5.56 Å². The van der Waals surface area contributed by atoms with Crippen LogP contribution in [-0.4, -0.2) is 4.98 Å². The zero-order chi connectivity index (χ0) is 10.5. The van der Waals surface area contributed by atoms with Crippen molar-refractivity contribution in [3.8, 4) is 0 Å². The van der Waals surface area contributed by atoms with Gasteiger partial charge in [-0.3, -0.25) is 0 Å². The number of pyridine rings is 1. The fourth-order valence-electron chi connectivity index (χ4n) is 1.18. The van der Waals surface area contributed by atoms with Crippen molar-refractivity contribution in [2.24, 2.45) is 0 Å². The molecule has 0 aliphatic rings. The molecule has 0 aliphatic carbocycles. The van der Waals surface area contributed by atoms with Gasteiger partial charge in [-0.2, -0.15) is 0 Å². The van der Waals surface area contributed by atoms with Gasteiger partial charge in [-0.15, -0.1) is 0 Å². The second-order valence-corrected chi connectivity index (χ2v) is 4.14. The summed E-state index contributed by atoms with van der Waals surface area (Å²) in [5, 5.41) is 1.01. The van der Waals surface area contributed by atoms with Crippen LogP contribution in [0.3, 0.4) is 0 Å². The predicted molar refractivity (Wildman–Crippen MR) is 64.9 cm³/mol. The Bertz CT molecular complexity index is 434. The third-order valence-electron chi connectivity index (χ3n) is 1.96. The van der Waals surface area contributed by atoms with Gasteiger partial charge in [0.1, 0.15) is 5.03 Å². The van der Waals surface area contributed by atoms with Crippen molar-refractivity contribution in [3.05, 3.63) is 60.8 Å². The Labute approximate surface area is 93.9 Å². The number of hydrogen-bond donors (Lipinski definition) is 0. The van der Waals surface area contributed by atoms with E-state index in [9.17, 15) is 0 Å². The van der Waals surface area contributed by atoms with Crippen molar-refractivity contribution in [3.63, 3.8) is 0 Å². The SMILES string of the molecule is C=Cc1ccc(Sc2ccccc2)nc1. The van der Waals surface area contributed by atoms with E-state index in [1.54, 1.807) is 17.8 Å². The summed E-state index contributed by atoms with van der Waals surface area (Å²) < 4.78 is 0. The third kappa shape index (κ3) is 2.70. The third-order valence-corrected chi connectivity index (χ3v) is 2.92. The van der Waals surface area contributed by atoms with Crippen LogP contribution >= 0.6 is 11.8 Å². The first-order chi connectivity index (χ1) is 7.38. The lowest BCUT2D eigenvalue weighted by Gasteiger charge is -2.00. The van der Waals surface area contributed by atoms with Gasteiger partial charge >= 0.3 is 0 Å². The van der Waals surface area contributed by atoms with Gasteiger partial charge in [-0.1, -0.05) is 48.7 Å². The van der Waals surface area contributed by atoms with Crippen LogP contribution in [0.5, 0.6) is 0 Å². The van der Waals surface area contributed by atoms with Gasteiger partial charge in [-0.05, 0) is 23.8 Å². The van der Waals surface area contributed by atoms with E-state index in [2.05, 4.69) is 23.7 Å². The van der Waals surface area contributed by atoms with Crippen LogP contribution in [0, 0.1) is 0 Å². The van der Waals surface area contributed by atoms with Gasteiger partial charge in [-0.25, -0.2) is 4.98 Å². The van der Waals surface area contributed by atoms with E-state index in [-0.39, 0.29) is 0 Å². The summed E-state index contributed by atoms with van der Waals surface area (Å²) >= 11 is 1.66. The summed E-state index contributed by atoms with van der Waals surface area (Å²) in [4.78, 5) is 5.54. The Morgan fingerprint density at radius 1 is 1.07 bits per heavy atom. The van der Waals surface area contributed by atoms with E-state index in [4.69, 9.17) is 0 Å². The number of hydrogen-bond acceptors (Lipinski definition) is 2. The average Bonchev–Trinajstić information content (AvgIpc) is 2.31. The number of aromatic nitrogens is 1. The smallest absolute Gasteiger partial charge is 0.101 e. The summed E-state index contributed by atoms with van der Waals surface area (Å²) in [6.45, 7) is 3.70. The number of nitrogens with zero attached hydrogens (tertiary/aromatic N) is 1. The molecule has 1 heterocycles. The second-order valence-electron chi connectivity index (χ2n) is 3.05. The van der Waals surface area contributed by atoms with Crippen molar-refractivity contribution in [1.82, 2.24) is 4.98 Å². The molecular weight excluding hydrogens is 202 g/mol. The molecule has 0 atom stereocenters. The maximum atomic E-state index is 4.34. The molecule has 0 saturated carbocycles. The van der Waals surface area contributed by atoms with Gasteiger partial charge in [0.05, 0.1) is 0 Å². The topological polar surface area (TPSA) is 12.9 Å². The Morgan fingerprint density at radius 2 is 1.87 bits per heavy atom. The highest BCUT2D eigenvalue weighted by atomic mass is 32.2. The van der Waals surface area contributed by atoms with Crippen molar-refractivity contribution in [2.45, 2.75) is 9.92 Å². The summed E-state index contributed by atoms with van der Waals surface area (Å²) in [5.41, 5.74) is 1.05. The van der Waals surface area contributed by atoms with Crippen molar-refractivity contribution in [2.75, 3.05) is 0 Å². The van der Waals surface area contributed by atoms with Crippen molar-refractivity contribution in [1.29, 1.82) is 0 Å². The quantitative estimate of drug-likeness (QED) is 0.767. The first-order valence-electron chi connectivity index (χ1n) is 4.70. The number of benzene rings is 1. The van der Waals surface area contributed by atoms with Crippen molar-refractivity contribution < 1.29 is 0 Å². The van der Waals surface area contributed by atoms with Crippen LogP contribution in [0.15, 0.2) is 65.2 Å². The van der Waals surface area contributed by atoms with Crippen LogP contribution in [0.25, 0.3) is 6.08 Å². The zero-order valence-electron chi connectivity index (χ0n) is 8.26. The lowest BCUT2D eigenvalue weighted by molar-refractivity contribution is 1.13. The molecule has 15 heavy (non-hydrogen) atoms. The summed E-state index contributed by atoms with van der Waals surface area (Å²) in [5.74, 6) is 0. The number of rotatable bonds is 3. The van der Waals surface area contributed by atoms with Gasteiger partial charge in [0.15, 0.2) is 0 Å². The molecule has 1 aromatic heterocycles. The molecule has 74 valence electrons. The molecular formula is C13H11NS. The van der Waals surface area contributed by atoms with E-state index in [1.165, 1.54) is 4.90 Å². The molecule has 2 rings (SSSR count). The Hall–Kier alpha value is -1.54. The zero-order valence-corrected chi connectivity index (χ0v) is 9.08. The Balaban J connectivity index is 2.15. The Morgan fingerprint density at radius 3 is 2.47 bits per heavy atom. The molecule has 1 nitrogen and oxygen atoms in total. The minimum Gasteiger partial charge on any atom is -0.249 e. The van der Waals surface area contributed by atoms with Crippen LogP contribution in [-0.2, 0) is 0 Å². The molecule has 0 radical (unpaired) electrons. The molecule has 0 spiro atoms. The van der Waals surface area contributed by atoms with E-state index in [1.807, 2.05) is 36.5 Å². The maximum absolute atomic E-state index is 4.34. The molecule has 0 bridgehead atoms. The van der Waals surface area contributed by atoms with Gasteiger partial charge < -0.3 is 0 Å². The minimum absolute atomic E-state index is 1.01. The highest BCUT2D eigenvalue weighted by Crippen LogP contribution is 2.25. The molecule has 0 saturated heterocycles. The van der Waals surface area contributed by atoms with E-state index >= 15 is 0 Å². The predicted octanol–water partition coefficient (Wildman–Crippen LogP) is 3.88. The molecule has 0 unspecified atom stereocenters. The maximum Gasteiger partial charge on any atom is 0.101 e. The van der Waals surface area contributed by atoms with E-state index in [0.717, 1.165) is 10.6 Å². The lowest BCUT2D eigenvalue weighted by atomic mass is 10.3. The fourth-order valence-corrected chi connectivity index (χ4v) is 1.96. The summed E-state index contributed by atoms with van der Waals surface area (Å²) in [7, 11) is 0. The Kier molecular flexibility index (Phi) is 3.20. The van der Waals surface area contributed by atoms with Gasteiger partial charge in [0, 0.05) is 11.1 Å². The molecule has 0 N–H and O–H groups in total. The highest BCUT2D eigenvalue weighted by molar-refractivity contribution is 7.99. The normalized spacial score (nSPS) is 9.87. The first-order valence-corrected chi connectivity index (χ1v) is 5.51. The molecule has 1 aromatic carbocycles. The standard InChI is InChI=1S/C13H11NS/c1-2-11-8-9-13(14-10-11)15-12-6-4-3-5-7-12/h2-10H,1H2. The lowest BCUT2D eigenvalue weighted by Crippen LogP contribution is -1.80. The highest BCUT2D eigenvalue weighted by Gasteiger charge is 1.96. The summed E-state index contributed by atoms with van der Waals surface area (Å²) in [6.07, 6.45) is 3.63. The van der Waals surface area contributed by atoms with Gasteiger partial charge in [0.25, 0.3) is 0 Å². The largest absolute Gasteiger partial charge is 0.249 e. The van der Waals surface area contributed by atoms with Crippen LogP contribution in [0.4, 0.5) is 0 Å². The first kappa shape index (κ1) is 9.99. The molecule has 2 aromatic rings. The minimum atomic E-state index is 1.01.